The monoisotopic (exact) mass is 312 g/mol. The summed E-state index contributed by atoms with van der Waals surface area (Å²) in [5.41, 5.74) is 6.26. The normalized spacial score (nSPS) is 28.1. The van der Waals surface area contributed by atoms with Crippen LogP contribution in [0.4, 0.5) is 5.82 Å². The highest BCUT2D eigenvalue weighted by Crippen LogP contribution is 2.33. The molecule has 2 aromatic rings. The van der Waals surface area contributed by atoms with E-state index in [0.717, 1.165) is 0 Å². The highest BCUT2D eigenvalue weighted by atomic mass is 17.0. The van der Waals surface area contributed by atoms with Gasteiger partial charge in [-0.15, -0.1) is 10.1 Å². The van der Waals surface area contributed by atoms with Crippen LogP contribution in [-0.4, -0.2) is 59.7 Å². The summed E-state index contributed by atoms with van der Waals surface area (Å²) in [7, 11) is 0. The van der Waals surface area contributed by atoms with E-state index < -0.39 is 36.2 Å². The van der Waals surface area contributed by atoms with Crippen LogP contribution in [0.25, 0.3) is 11.2 Å². The Kier molecular flexibility index (Phi) is 3.48. The van der Waals surface area contributed by atoms with Gasteiger partial charge in [0.15, 0.2) is 23.8 Å². The largest absolute Gasteiger partial charge is 0.394 e. The Morgan fingerprint density at radius 2 is 2.27 bits per heavy atom. The molecule has 4 atom stereocenters. The van der Waals surface area contributed by atoms with Gasteiger partial charge >= 0.3 is 0 Å². The minimum absolute atomic E-state index is 0.146. The quantitative estimate of drug-likeness (QED) is 0.433. The summed E-state index contributed by atoms with van der Waals surface area (Å²) in [5.74, 6) is 0.146. The Hall–Kier alpha value is -2.57. The van der Waals surface area contributed by atoms with E-state index in [1.165, 1.54) is 17.2 Å². The fourth-order valence-corrected chi connectivity index (χ4v) is 2.38. The van der Waals surface area contributed by atoms with Crippen molar-refractivity contribution in [3.8, 4) is 0 Å². The number of anilines is 1. The molecule has 0 radical (unpaired) electrons. The summed E-state index contributed by atoms with van der Waals surface area (Å²) in [6.45, 7) is -0.560. The van der Waals surface area contributed by atoms with Crippen molar-refractivity contribution in [2.45, 2.75) is 24.5 Å². The molecule has 3 rings (SSSR count). The molecule has 0 aliphatic carbocycles. The molecule has 3 heterocycles. The highest BCUT2D eigenvalue weighted by Gasteiger charge is 2.47. The number of ether oxygens (including phenoxy) is 1. The molecular formula is C10H12N6O6. The predicted octanol–water partition coefficient (Wildman–Crippen LogP) is -1.76. The standard InChI is InChI=1S/C10H12N6O6/c11-8-5-9(13-2-12-8)15(3-14-5)10-6(18)7(22-16(19)20)4(1-17)21-10/h2-4,6-7,10,17-18H,1H2,(H2,11,12,13). The maximum absolute atomic E-state index is 10.5. The number of hydrogen-bond donors (Lipinski definition) is 3. The van der Waals surface area contributed by atoms with Crippen molar-refractivity contribution in [1.82, 2.24) is 19.5 Å². The number of nitrogens with two attached hydrogens (primary N) is 1. The lowest BCUT2D eigenvalue weighted by molar-refractivity contribution is -0.771. The fraction of sp³-hybridized carbons (Fsp3) is 0.500. The van der Waals surface area contributed by atoms with Crippen LogP contribution >= 0.6 is 0 Å². The third-order valence-corrected chi connectivity index (χ3v) is 3.36. The molecule has 0 aromatic carbocycles. The van der Waals surface area contributed by atoms with Crippen molar-refractivity contribution in [1.29, 1.82) is 0 Å². The van der Waals surface area contributed by atoms with Crippen molar-refractivity contribution in [2.75, 3.05) is 12.3 Å². The van der Waals surface area contributed by atoms with Gasteiger partial charge in [-0.1, -0.05) is 0 Å². The van der Waals surface area contributed by atoms with Crippen molar-refractivity contribution < 1.29 is 24.9 Å². The van der Waals surface area contributed by atoms with E-state index >= 15 is 0 Å². The second-order valence-electron chi connectivity index (χ2n) is 4.61. The molecule has 4 N–H and O–H groups in total. The van der Waals surface area contributed by atoms with E-state index in [1.54, 1.807) is 0 Å². The van der Waals surface area contributed by atoms with Gasteiger partial charge in [0.05, 0.1) is 12.9 Å². The summed E-state index contributed by atoms with van der Waals surface area (Å²) in [6.07, 6.45) is -2.35. The summed E-state index contributed by atoms with van der Waals surface area (Å²) >= 11 is 0. The molecule has 0 bridgehead atoms. The second-order valence-corrected chi connectivity index (χ2v) is 4.61. The molecule has 1 aliphatic heterocycles. The molecule has 1 aliphatic rings. The Labute approximate surface area is 122 Å². The number of rotatable bonds is 4. The Balaban J connectivity index is 1.97. The molecule has 22 heavy (non-hydrogen) atoms. The van der Waals surface area contributed by atoms with Crippen LogP contribution in [0.3, 0.4) is 0 Å². The fourth-order valence-electron chi connectivity index (χ4n) is 2.38. The number of aromatic nitrogens is 4. The van der Waals surface area contributed by atoms with Crippen LogP contribution in [-0.2, 0) is 9.57 Å². The van der Waals surface area contributed by atoms with E-state index in [4.69, 9.17) is 10.5 Å². The van der Waals surface area contributed by atoms with Gasteiger partial charge in [-0.2, -0.15) is 0 Å². The number of nitrogen functional groups attached to an aromatic ring is 1. The van der Waals surface area contributed by atoms with E-state index in [1.807, 2.05) is 0 Å². The zero-order valence-electron chi connectivity index (χ0n) is 11.0. The lowest BCUT2D eigenvalue weighted by atomic mass is 10.1. The first-order chi connectivity index (χ1) is 10.5. The number of aliphatic hydroxyl groups excluding tert-OH is 2. The van der Waals surface area contributed by atoms with Crippen molar-refractivity contribution in [2.24, 2.45) is 0 Å². The first kappa shape index (κ1) is 14.4. The van der Waals surface area contributed by atoms with Crippen LogP contribution in [0, 0.1) is 10.1 Å². The molecule has 4 unspecified atom stereocenters. The van der Waals surface area contributed by atoms with Crippen LogP contribution in [0.15, 0.2) is 12.7 Å². The number of fused-ring (bicyclic) bond motifs is 1. The van der Waals surface area contributed by atoms with E-state index in [9.17, 15) is 20.3 Å². The Morgan fingerprint density at radius 3 is 2.95 bits per heavy atom. The zero-order valence-corrected chi connectivity index (χ0v) is 11.0. The highest BCUT2D eigenvalue weighted by molar-refractivity contribution is 5.81. The zero-order chi connectivity index (χ0) is 15.9. The minimum Gasteiger partial charge on any atom is -0.394 e. The number of nitrogens with zero attached hydrogens (tertiary/aromatic N) is 5. The lowest BCUT2D eigenvalue weighted by Crippen LogP contribution is -2.37. The number of hydrogen-bond acceptors (Lipinski definition) is 10. The van der Waals surface area contributed by atoms with Gasteiger partial charge in [0.1, 0.15) is 24.1 Å². The SMILES string of the molecule is Nc1ncnc2c1ncn2C1OC(CO)C(O[N+](=O)[O-])C1O. The van der Waals surface area contributed by atoms with Crippen LogP contribution < -0.4 is 5.73 Å². The van der Waals surface area contributed by atoms with Crippen molar-refractivity contribution in [3.63, 3.8) is 0 Å². The smallest absolute Gasteiger partial charge is 0.294 e. The van der Waals surface area contributed by atoms with Crippen LogP contribution in [0.5, 0.6) is 0 Å². The van der Waals surface area contributed by atoms with Gasteiger partial charge in [-0.05, 0) is 0 Å². The maximum Gasteiger partial charge on any atom is 0.294 e. The molecule has 118 valence electrons. The summed E-state index contributed by atoms with van der Waals surface area (Å²) in [6, 6.07) is 0. The van der Waals surface area contributed by atoms with Crippen molar-refractivity contribution in [3.05, 3.63) is 22.8 Å². The molecule has 2 aromatic heterocycles. The van der Waals surface area contributed by atoms with Crippen molar-refractivity contribution >= 4 is 17.0 Å². The summed E-state index contributed by atoms with van der Waals surface area (Å²) < 4.78 is 6.77. The third kappa shape index (κ3) is 2.18. The Morgan fingerprint density at radius 1 is 1.50 bits per heavy atom. The molecule has 1 saturated heterocycles. The van der Waals surface area contributed by atoms with Gasteiger partial charge < -0.3 is 25.5 Å². The van der Waals surface area contributed by atoms with Gasteiger partial charge in [-0.25, -0.2) is 15.0 Å². The number of imidazole rings is 1. The predicted molar refractivity (Wildman–Crippen MR) is 68.6 cm³/mol. The molecule has 12 nitrogen and oxygen atoms in total. The van der Waals surface area contributed by atoms with E-state index in [2.05, 4.69) is 19.8 Å². The number of aliphatic hydroxyl groups is 2. The average Bonchev–Trinajstić information content (AvgIpc) is 3.02. The third-order valence-electron chi connectivity index (χ3n) is 3.36. The molecule has 0 spiro atoms. The first-order valence-corrected chi connectivity index (χ1v) is 6.21. The summed E-state index contributed by atoms with van der Waals surface area (Å²) in [4.78, 5) is 26.7. The topological polar surface area (TPSA) is 172 Å². The molecule has 1 fully saturated rings. The molecule has 12 heteroatoms. The molecule has 0 amide bonds. The summed E-state index contributed by atoms with van der Waals surface area (Å²) in [5, 5.41) is 28.9. The maximum atomic E-state index is 10.5. The van der Waals surface area contributed by atoms with Gasteiger partial charge in [-0.3, -0.25) is 4.57 Å². The van der Waals surface area contributed by atoms with Gasteiger partial charge in [0.25, 0.3) is 5.09 Å². The van der Waals surface area contributed by atoms with Gasteiger partial charge in [0, 0.05) is 0 Å². The van der Waals surface area contributed by atoms with Crippen LogP contribution in [0.1, 0.15) is 6.23 Å². The Bertz CT molecular complexity index is 706. The van der Waals surface area contributed by atoms with Crippen LogP contribution in [0.2, 0.25) is 0 Å². The lowest BCUT2D eigenvalue weighted by Gasteiger charge is -2.17. The average molecular weight is 312 g/mol. The second kappa shape index (κ2) is 5.32. The minimum atomic E-state index is -1.41. The van der Waals surface area contributed by atoms with Gasteiger partial charge in [0.2, 0.25) is 0 Å². The molecular weight excluding hydrogens is 300 g/mol. The van der Waals surface area contributed by atoms with E-state index in [0.29, 0.717) is 5.52 Å². The van der Waals surface area contributed by atoms with E-state index in [-0.39, 0.29) is 11.5 Å². The molecule has 0 saturated carbocycles. The first-order valence-electron chi connectivity index (χ1n) is 6.21.